The maximum absolute atomic E-state index is 11.6. The zero-order valence-corrected chi connectivity index (χ0v) is 21.6. The van der Waals surface area contributed by atoms with E-state index in [1.165, 1.54) is 6.07 Å². The molecule has 0 N–H and O–H groups in total. The normalized spacial score (nSPS) is 14.9. The van der Waals surface area contributed by atoms with Crippen LogP contribution in [0.5, 0.6) is 5.75 Å². The van der Waals surface area contributed by atoms with Crippen molar-refractivity contribution in [2.45, 2.75) is 12.5 Å². The van der Waals surface area contributed by atoms with E-state index in [-0.39, 0.29) is 11.7 Å². The summed E-state index contributed by atoms with van der Waals surface area (Å²) in [5, 5.41) is 19.8. The summed E-state index contributed by atoms with van der Waals surface area (Å²) in [5.74, 6) is 1.11. The average molecular weight is 536 g/mol. The summed E-state index contributed by atoms with van der Waals surface area (Å²) in [6.45, 7) is 0. The Morgan fingerprint density at radius 1 is 0.923 bits per heavy atom. The minimum absolute atomic E-state index is 0.0172. The van der Waals surface area contributed by atoms with Crippen molar-refractivity contribution in [3.8, 4) is 17.0 Å². The fourth-order valence-electron chi connectivity index (χ4n) is 4.77. The number of nitro groups is 1. The van der Waals surface area contributed by atoms with E-state index < -0.39 is 4.92 Å². The molecule has 0 radical (unpaired) electrons. The minimum atomic E-state index is -0.391. The Morgan fingerprint density at radius 3 is 2.51 bits per heavy atom. The molecule has 2 heterocycles. The molecule has 1 aliphatic heterocycles. The minimum Gasteiger partial charge on any atom is -0.497 e. The maximum atomic E-state index is 11.6. The predicted molar refractivity (Wildman–Crippen MR) is 152 cm³/mol. The highest BCUT2D eigenvalue weighted by molar-refractivity contribution is 6.30. The van der Waals surface area contributed by atoms with Gasteiger partial charge in [0, 0.05) is 40.1 Å². The summed E-state index contributed by atoms with van der Waals surface area (Å²) in [6, 6.07) is 29.3. The van der Waals surface area contributed by atoms with Crippen LogP contribution >= 0.6 is 11.6 Å². The van der Waals surface area contributed by atoms with E-state index in [4.69, 9.17) is 31.4 Å². The molecule has 1 atom stereocenters. The van der Waals surface area contributed by atoms with Gasteiger partial charge in [0.1, 0.15) is 5.75 Å². The Kier molecular flexibility index (Phi) is 6.38. The van der Waals surface area contributed by atoms with Crippen LogP contribution in [0.2, 0.25) is 5.02 Å². The molecule has 39 heavy (non-hydrogen) atoms. The molecule has 6 rings (SSSR count). The van der Waals surface area contributed by atoms with Gasteiger partial charge in [0.25, 0.3) is 5.69 Å². The van der Waals surface area contributed by atoms with Crippen molar-refractivity contribution < 1.29 is 9.66 Å². The summed E-state index contributed by atoms with van der Waals surface area (Å²) in [7, 11) is 1.62. The molecule has 0 spiro atoms. The number of aromatic nitrogens is 2. The van der Waals surface area contributed by atoms with Crippen LogP contribution in [0.3, 0.4) is 0 Å². The Labute approximate surface area is 229 Å². The summed E-state index contributed by atoms with van der Waals surface area (Å²) in [5.41, 5.74) is 4.85. The molecule has 0 fully saturated rings. The molecule has 8 nitrogen and oxygen atoms in total. The first-order valence-corrected chi connectivity index (χ1v) is 12.7. The highest BCUT2D eigenvalue weighted by Gasteiger charge is 2.33. The lowest BCUT2D eigenvalue weighted by Crippen LogP contribution is -2.21. The quantitative estimate of drug-likeness (QED) is 0.168. The molecule has 1 aromatic heterocycles. The van der Waals surface area contributed by atoms with Crippen molar-refractivity contribution in [2.75, 3.05) is 12.1 Å². The van der Waals surface area contributed by atoms with E-state index in [2.05, 4.69) is 0 Å². The third-order valence-electron chi connectivity index (χ3n) is 6.69. The molecule has 0 unspecified atom stereocenters. The predicted octanol–water partition coefficient (Wildman–Crippen LogP) is 7.22. The number of rotatable bonds is 6. The third-order valence-corrected chi connectivity index (χ3v) is 6.95. The van der Waals surface area contributed by atoms with Crippen molar-refractivity contribution in [1.29, 1.82) is 0 Å². The zero-order chi connectivity index (χ0) is 26.9. The first kappa shape index (κ1) is 24.5. The number of nitrogens with zero attached hydrogens (tertiary/aromatic N) is 5. The number of hydrogen-bond donors (Lipinski definition) is 0. The molecule has 5 aromatic rings. The zero-order valence-electron chi connectivity index (χ0n) is 20.9. The number of methoxy groups -OCH3 is 1. The smallest absolute Gasteiger partial charge is 0.269 e. The van der Waals surface area contributed by atoms with E-state index in [1.54, 1.807) is 24.3 Å². The fourth-order valence-corrected chi connectivity index (χ4v) is 4.90. The summed E-state index contributed by atoms with van der Waals surface area (Å²) in [4.78, 5) is 21.0. The van der Waals surface area contributed by atoms with Gasteiger partial charge in [0.15, 0.2) is 0 Å². The third kappa shape index (κ3) is 4.78. The molecule has 0 saturated carbocycles. The molecule has 0 amide bonds. The number of para-hydroxylation sites is 1. The van der Waals surface area contributed by atoms with Crippen molar-refractivity contribution in [2.24, 2.45) is 5.10 Å². The Hall–Kier alpha value is -4.82. The second kappa shape index (κ2) is 10.2. The SMILES string of the molecule is COc1cccc(C2=NN(c3nc(-c4ccc(Cl)cc4)c4ccccc4n3)[C@@H](c3cccc([N+](=O)[O-])c3)C2)c1. The number of fused-ring (bicyclic) bond motifs is 1. The van der Waals surface area contributed by atoms with Gasteiger partial charge in [0.2, 0.25) is 5.95 Å². The van der Waals surface area contributed by atoms with Gasteiger partial charge in [-0.2, -0.15) is 5.10 Å². The first-order chi connectivity index (χ1) is 19.0. The number of benzene rings is 4. The van der Waals surface area contributed by atoms with E-state index in [1.807, 2.05) is 78.9 Å². The van der Waals surface area contributed by atoms with Gasteiger partial charge >= 0.3 is 0 Å². The van der Waals surface area contributed by atoms with Crippen LogP contribution < -0.4 is 9.75 Å². The lowest BCUT2D eigenvalue weighted by Gasteiger charge is -2.23. The number of anilines is 1. The highest BCUT2D eigenvalue weighted by atomic mass is 35.5. The number of non-ortho nitro benzene ring substituents is 1. The summed E-state index contributed by atoms with van der Waals surface area (Å²) < 4.78 is 5.42. The standard InChI is InChI=1S/C30H22ClN5O3/c1-39-24-9-5-6-20(17-24)27-18-28(21-7-4-8-23(16-21)36(37)38)35(34-27)30-32-26-11-3-2-10-25(26)29(33-30)19-12-14-22(31)15-13-19/h2-17,28H,18H2,1H3/t28-/m1/s1. The number of ether oxygens (including phenoxy) is 1. The van der Waals surface area contributed by atoms with Crippen molar-refractivity contribution in [3.05, 3.63) is 123 Å². The summed E-state index contributed by atoms with van der Waals surface area (Å²) in [6.07, 6.45) is 0.501. The van der Waals surface area contributed by atoms with Crippen molar-refractivity contribution >= 4 is 39.9 Å². The molecular formula is C30H22ClN5O3. The van der Waals surface area contributed by atoms with Gasteiger partial charge in [-0.25, -0.2) is 15.0 Å². The lowest BCUT2D eigenvalue weighted by molar-refractivity contribution is -0.384. The van der Waals surface area contributed by atoms with Gasteiger partial charge in [-0.15, -0.1) is 0 Å². The van der Waals surface area contributed by atoms with Crippen molar-refractivity contribution in [3.63, 3.8) is 0 Å². The van der Waals surface area contributed by atoms with Crippen LogP contribution in [-0.4, -0.2) is 27.7 Å². The molecule has 0 bridgehead atoms. The molecule has 0 aliphatic carbocycles. The highest BCUT2D eigenvalue weighted by Crippen LogP contribution is 2.38. The number of halogens is 1. The second-order valence-electron chi connectivity index (χ2n) is 9.09. The van der Waals surface area contributed by atoms with Gasteiger partial charge in [0.05, 0.1) is 35.0 Å². The molecule has 192 valence electrons. The first-order valence-electron chi connectivity index (χ1n) is 12.3. The van der Waals surface area contributed by atoms with Gasteiger partial charge in [-0.1, -0.05) is 66.2 Å². The maximum Gasteiger partial charge on any atom is 0.269 e. The fraction of sp³-hybridized carbons (Fsp3) is 0.100. The topological polar surface area (TPSA) is 93.8 Å². The molecule has 4 aromatic carbocycles. The van der Waals surface area contributed by atoms with E-state index in [9.17, 15) is 10.1 Å². The van der Waals surface area contributed by atoms with E-state index >= 15 is 0 Å². The Balaban J connectivity index is 1.53. The monoisotopic (exact) mass is 535 g/mol. The number of hydrogen-bond acceptors (Lipinski definition) is 7. The van der Waals surface area contributed by atoms with Crippen LogP contribution in [0.25, 0.3) is 22.2 Å². The van der Waals surface area contributed by atoms with Crippen LogP contribution in [-0.2, 0) is 0 Å². The van der Waals surface area contributed by atoms with Gasteiger partial charge < -0.3 is 4.74 Å². The van der Waals surface area contributed by atoms with Crippen LogP contribution in [0.1, 0.15) is 23.6 Å². The number of nitro benzene ring substituents is 1. The Bertz CT molecular complexity index is 1740. The van der Waals surface area contributed by atoms with Gasteiger partial charge in [-0.05, 0) is 35.9 Å². The van der Waals surface area contributed by atoms with Gasteiger partial charge in [-0.3, -0.25) is 10.1 Å². The molecule has 0 saturated heterocycles. The molecule has 9 heteroatoms. The largest absolute Gasteiger partial charge is 0.497 e. The lowest BCUT2D eigenvalue weighted by atomic mass is 9.98. The van der Waals surface area contributed by atoms with Crippen LogP contribution in [0.4, 0.5) is 11.6 Å². The van der Waals surface area contributed by atoms with E-state index in [0.29, 0.717) is 23.1 Å². The van der Waals surface area contributed by atoms with Crippen LogP contribution in [0, 0.1) is 10.1 Å². The van der Waals surface area contributed by atoms with Crippen molar-refractivity contribution in [1.82, 2.24) is 9.97 Å². The average Bonchev–Trinajstić information content (AvgIpc) is 3.43. The Morgan fingerprint density at radius 2 is 1.72 bits per heavy atom. The molecule has 1 aliphatic rings. The van der Waals surface area contributed by atoms with E-state index in [0.717, 1.165) is 39.0 Å². The summed E-state index contributed by atoms with van der Waals surface area (Å²) >= 11 is 6.15. The second-order valence-corrected chi connectivity index (χ2v) is 9.53. The van der Waals surface area contributed by atoms with Crippen LogP contribution in [0.15, 0.2) is 102 Å². The number of hydrazone groups is 1. The molecular weight excluding hydrogens is 514 g/mol.